The molecule has 0 fully saturated rings. The lowest BCUT2D eigenvalue weighted by Crippen LogP contribution is -2.09. The molecule has 3 N–H and O–H groups in total. The highest BCUT2D eigenvalue weighted by Gasteiger charge is 2.19. The summed E-state index contributed by atoms with van der Waals surface area (Å²) in [6.45, 7) is 1.74. The van der Waals surface area contributed by atoms with Crippen LogP contribution in [0, 0.1) is 6.92 Å². The van der Waals surface area contributed by atoms with E-state index in [0.29, 0.717) is 21.6 Å². The number of aromatic nitrogens is 2. The molecule has 0 atom stereocenters. The Morgan fingerprint density at radius 1 is 1.19 bits per heavy atom. The predicted molar refractivity (Wildman–Crippen MR) is 106 cm³/mol. The number of rotatable bonds is 3. The number of fused-ring (bicyclic) bond motifs is 1. The summed E-state index contributed by atoms with van der Waals surface area (Å²) in [5.41, 5.74) is 3.24. The number of halogens is 1. The van der Waals surface area contributed by atoms with E-state index in [1.807, 2.05) is 31.3 Å². The van der Waals surface area contributed by atoms with Crippen LogP contribution in [0.15, 0.2) is 51.8 Å². The van der Waals surface area contributed by atoms with Crippen molar-refractivity contribution in [3.63, 3.8) is 0 Å². The zero-order valence-electron chi connectivity index (χ0n) is 14.6. The van der Waals surface area contributed by atoms with Gasteiger partial charge in [0, 0.05) is 29.8 Å². The number of anilines is 1. The van der Waals surface area contributed by atoms with Crippen LogP contribution in [0.4, 0.5) is 5.69 Å². The maximum Gasteiger partial charge on any atom is 0.263 e. The van der Waals surface area contributed by atoms with Crippen LogP contribution in [-0.2, 0) is 0 Å². The van der Waals surface area contributed by atoms with Gasteiger partial charge in [0.1, 0.15) is 11.3 Å². The monoisotopic (exact) mass is 381 g/mol. The van der Waals surface area contributed by atoms with E-state index in [1.165, 1.54) is 0 Å². The van der Waals surface area contributed by atoms with Crippen LogP contribution in [0.25, 0.3) is 33.4 Å². The van der Waals surface area contributed by atoms with Crippen LogP contribution < -0.4 is 10.9 Å². The van der Waals surface area contributed by atoms with Crippen LogP contribution in [-0.4, -0.2) is 22.3 Å². The van der Waals surface area contributed by atoms with Crippen molar-refractivity contribution in [3.8, 4) is 28.2 Å². The zero-order valence-corrected chi connectivity index (χ0v) is 15.4. The number of aromatic amines is 1. The summed E-state index contributed by atoms with van der Waals surface area (Å²) in [7, 11) is 1.85. The predicted octanol–water partition coefficient (Wildman–Crippen LogP) is 4.56. The van der Waals surface area contributed by atoms with Gasteiger partial charge < -0.3 is 19.9 Å². The van der Waals surface area contributed by atoms with Gasteiger partial charge in [-0.15, -0.1) is 0 Å². The first-order valence-electron chi connectivity index (χ1n) is 8.28. The molecule has 136 valence electrons. The van der Waals surface area contributed by atoms with E-state index < -0.39 is 5.56 Å². The number of nitrogens with zero attached hydrogens (tertiary/aromatic N) is 1. The second kappa shape index (κ2) is 6.48. The number of pyridine rings is 1. The fourth-order valence-corrected chi connectivity index (χ4v) is 3.32. The molecule has 27 heavy (non-hydrogen) atoms. The molecule has 0 bridgehead atoms. The highest BCUT2D eigenvalue weighted by Crippen LogP contribution is 2.38. The topological polar surface area (TPSA) is 91.2 Å². The highest BCUT2D eigenvalue weighted by molar-refractivity contribution is 6.34. The number of hydrogen-bond donors (Lipinski definition) is 3. The van der Waals surface area contributed by atoms with Crippen molar-refractivity contribution in [1.82, 2.24) is 10.1 Å². The van der Waals surface area contributed by atoms with Crippen LogP contribution in [0.2, 0.25) is 5.02 Å². The van der Waals surface area contributed by atoms with Crippen molar-refractivity contribution >= 4 is 28.2 Å². The molecule has 0 spiro atoms. The summed E-state index contributed by atoms with van der Waals surface area (Å²) in [5, 5.41) is 18.6. The van der Waals surface area contributed by atoms with Crippen LogP contribution in [0.5, 0.6) is 5.75 Å². The molecule has 2 aromatic heterocycles. The smallest absolute Gasteiger partial charge is 0.263 e. The number of H-pyrrole nitrogens is 1. The molecule has 4 aromatic rings. The molecule has 7 heteroatoms. The summed E-state index contributed by atoms with van der Waals surface area (Å²) < 4.78 is 5.16. The van der Waals surface area contributed by atoms with E-state index in [1.54, 1.807) is 25.1 Å². The van der Waals surface area contributed by atoms with Gasteiger partial charge in [-0.05, 0) is 36.8 Å². The van der Waals surface area contributed by atoms with E-state index in [0.717, 1.165) is 16.8 Å². The number of benzene rings is 2. The van der Waals surface area contributed by atoms with E-state index in [2.05, 4.69) is 15.5 Å². The summed E-state index contributed by atoms with van der Waals surface area (Å²) in [6, 6.07) is 12.7. The Balaban J connectivity index is 1.95. The lowest BCUT2D eigenvalue weighted by molar-refractivity contribution is 0.421. The molecule has 0 radical (unpaired) electrons. The molecule has 2 aromatic carbocycles. The third kappa shape index (κ3) is 2.94. The van der Waals surface area contributed by atoms with Crippen molar-refractivity contribution in [2.45, 2.75) is 6.92 Å². The summed E-state index contributed by atoms with van der Waals surface area (Å²) in [4.78, 5) is 15.2. The fraction of sp³-hybridized carbons (Fsp3) is 0.100. The van der Waals surface area contributed by atoms with Crippen molar-refractivity contribution in [3.05, 3.63) is 63.5 Å². The first-order chi connectivity index (χ1) is 13.0. The first-order valence-corrected chi connectivity index (χ1v) is 8.66. The third-order valence-electron chi connectivity index (χ3n) is 4.43. The number of nitrogens with one attached hydrogen (secondary N) is 2. The Morgan fingerprint density at radius 2 is 1.93 bits per heavy atom. The van der Waals surface area contributed by atoms with Gasteiger partial charge in [0.25, 0.3) is 5.56 Å². The van der Waals surface area contributed by atoms with Crippen LogP contribution in [0.3, 0.4) is 0 Å². The average Bonchev–Trinajstić information content (AvgIpc) is 3.07. The van der Waals surface area contributed by atoms with Crippen molar-refractivity contribution in [2.75, 3.05) is 12.4 Å². The van der Waals surface area contributed by atoms with Gasteiger partial charge in [-0.2, -0.15) is 0 Å². The fourth-order valence-electron chi connectivity index (χ4n) is 3.05. The molecule has 0 amide bonds. The number of aromatic hydroxyl groups is 1. The molecule has 0 unspecified atom stereocenters. The molecule has 0 saturated heterocycles. The normalized spacial score (nSPS) is 11.1. The first kappa shape index (κ1) is 17.2. The third-order valence-corrected chi connectivity index (χ3v) is 4.75. The van der Waals surface area contributed by atoms with Gasteiger partial charge in [-0.3, -0.25) is 4.79 Å². The van der Waals surface area contributed by atoms with Crippen molar-refractivity contribution in [2.24, 2.45) is 0 Å². The maximum atomic E-state index is 12.4. The lowest BCUT2D eigenvalue weighted by atomic mass is 10.0. The standard InChI is InChI=1S/C20H16ClN3O3/c1-10-7-17(27-24-10)18-19(25)14-8-13(11-3-5-12(22-2)6-4-11)15(21)9-16(14)23-20(18)26/h3-9,22H,1-2H3,(H2,23,25,26). The minimum absolute atomic E-state index is 0.0434. The molecular formula is C20H16ClN3O3. The largest absolute Gasteiger partial charge is 0.506 e. The zero-order chi connectivity index (χ0) is 19.1. The van der Waals surface area contributed by atoms with E-state index >= 15 is 0 Å². The van der Waals surface area contributed by atoms with Gasteiger partial charge in [-0.25, -0.2) is 0 Å². The number of hydrogen-bond acceptors (Lipinski definition) is 5. The van der Waals surface area contributed by atoms with Gasteiger partial charge in [0.05, 0.1) is 16.2 Å². The van der Waals surface area contributed by atoms with Crippen LogP contribution in [0.1, 0.15) is 5.69 Å². The minimum atomic E-state index is -0.474. The quantitative estimate of drug-likeness (QED) is 0.484. The average molecular weight is 382 g/mol. The lowest BCUT2D eigenvalue weighted by Gasteiger charge is -2.11. The molecule has 4 rings (SSSR count). The summed E-state index contributed by atoms with van der Waals surface area (Å²) in [6.07, 6.45) is 0. The minimum Gasteiger partial charge on any atom is -0.506 e. The Bertz CT molecular complexity index is 1210. The van der Waals surface area contributed by atoms with E-state index in [4.69, 9.17) is 16.1 Å². The number of aryl methyl sites for hydroxylation is 1. The van der Waals surface area contributed by atoms with E-state index in [-0.39, 0.29) is 17.1 Å². The van der Waals surface area contributed by atoms with Gasteiger partial charge in [0.2, 0.25) is 0 Å². The molecule has 2 heterocycles. The molecular weight excluding hydrogens is 366 g/mol. The summed E-state index contributed by atoms with van der Waals surface area (Å²) in [5.74, 6) is 0.0395. The molecule has 6 nitrogen and oxygen atoms in total. The molecule has 0 saturated carbocycles. The van der Waals surface area contributed by atoms with Crippen LogP contribution >= 0.6 is 11.6 Å². The summed E-state index contributed by atoms with van der Waals surface area (Å²) >= 11 is 6.43. The molecule has 0 aliphatic heterocycles. The maximum absolute atomic E-state index is 12.4. The van der Waals surface area contributed by atoms with E-state index in [9.17, 15) is 9.90 Å². The molecule has 0 aliphatic rings. The van der Waals surface area contributed by atoms with Gasteiger partial charge in [-0.1, -0.05) is 28.9 Å². The van der Waals surface area contributed by atoms with Gasteiger partial charge >= 0.3 is 0 Å². The van der Waals surface area contributed by atoms with Gasteiger partial charge in [0.15, 0.2) is 5.76 Å². The SMILES string of the molecule is CNc1ccc(-c2cc3c(O)c(-c4cc(C)no4)c(=O)[nH]c3cc2Cl)cc1. The Labute approximate surface area is 159 Å². The second-order valence-corrected chi connectivity index (χ2v) is 6.62. The van der Waals surface area contributed by atoms with Crippen molar-refractivity contribution < 1.29 is 9.63 Å². The Morgan fingerprint density at radius 3 is 2.56 bits per heavy atom. The highest BCUT2D eigenvalue weighted by atomic mass is 35.5. The Hall–Kier alpha value is -3.25. The molecule has 0 aliphatic carbocycles. The van der Waals surface area contributed by atoms with Crippen molar-refractivity contribution in [1.29, 1.82) is 0 Å². The Kier molecular flexibility index (Phi) is 4.12. The second-order valence-electron chi connectivity index (χ2n) is 6.22.